The molecule has 1 aromatic heterocycles. The van der Waals surface area contributed by atoms with Crippen LogP contribution in [-0.4, -0.2) is 24.0 Å². The van der Waals surface area contributed by atoms with Crippen LogP contribution in [0.4, 0.5) is 0 Å². The van der Waals surface area contributed by atoms with Gasteiger partial charge in [0.2, 0.25) is 0 Å². The molecule has 1 N–H and O–H groups in total. The van der Waals surface area contributed by atoms with Gasteiger partial charge in [0.1, 0.15) is 0 Å². The number of carbonyl (C=O) groups is 2. The van der Waals surface area contributed by atoms with Crippen molar-refractivity contribution in [1.29, 1.82) is 0 Å². The predicted octanol–water partition coefficient (Wildman–Crippen LogP) is 3.39. The molecule has 1 aromatic rings. The topological polar surface area (TPSA) is 55.4 Å². The average Bonchev–Trinajstić information content (AvgIpc) is 3.00. The van der Waals surface area contributed by atoms with Crippen molar-refractivity contribution in [3.05, 3.63) is 28.5 Å². The molecule has 0 aromatic carbocycles. The Kier molecular flexibility index (Phi) is 6.19. The van der Waals surface area contributed by atoms with E-state index in [4.69, 9.17) is 4.74 Å². The van der Waals surface area contributed by atoms with Crippen molar-refractivity contribution in [2.24, 2.45) is 5.92 Å². The fourth-order valence-electron chi connectivity index (χ4n) is 2.63. The average molecular weight is 321 g/mol. The minimum atomic E-state index is -0.770. The number of ether oxygens (including phenoxy) is 1. The lowest BCUT2D eigenvalue weighted by atomic mass is 9.86. The van der Waals surface area contributed by atoms with Gasteiger partial charge in [-0.15, -0.1) is 0 Å². The number of hydrogen-bond acceptors (Lipinski definition) is 4. The smallest absolute Gasteiger partial charge is 0.331 e. The van der Waals surface area contributed by atoms with Crippen molar-refractivity contribution < 1.29 is 14.3 Å². The Morgan fingerprint density at radius 3 is 2.86 bits per heavy atom. The quantitative estimate of drug-likeness (QED) is 0.668. The fourth-order valence-corrected chi connectivity index (χ4v) is 3.26. The summed E-state index contributed by atoms with van der Waals surface area (Å²) < 4.78 is 5.15. The standard InChI is InChI=1S/C17H23NO3S/c1-12-5-3-4-6-15(12)18-17(20)13(2)21-16(19)8-7-14-9-10-22-11-14/h7-13,15H,3-6H2,1-2H3,(H,18,20)/b8-7+/t12-,13-,15-/m1/s1. The Morgan fingerprint density at radius 1 is 1.41 bits per heavy atom. The van der Waals surface area contributed by atoms with E-state index in [-0.39, 0.29) is 11.9 Å². The van der Waals surface area contributed by atoms with Crippen LogP contribution in [0.3, 0.4) is 0 Å². The Balaban J connectivity index is 1.79. The number of esters is 1. The summed E-state index contributed by atoms with van der Waals surface area (Å²) in [6.45, 7) is 3.77. The van der Waals surface area contributed by atoms with Crippen molar-refractivity contribution >= 4 is 29.3 Å². The van der Waals surface area contributed by atoms with Crippen molar-refractivity contribution in [1.82, 2.24) is 5.32 Å². The molecule has 0 aliphatic heterocycles. The van der Waals surface area contributed by atoms with Gasteiger partial charge < -0.3 is 10.1 Å². The maximum atomic E-state index is 12.1. The number of nitrogens with one attached hydrogen (secondary N) is 1. The molecule has 0 spiro atoms. The highest BCUT2D eigenvalue weighted by Crippen LogP contribution is 2.23. The second-order valence-corrected chi connectivity index (χ2v) is 6.63. The van der Waals surface area contributed by atoms with Crippen LogP contribution < -0.4 is 5.32 Å². The predicted molar refractivity (Wildman–Crippen MR) is 88.5 cm³/mol. The number of amides is 1. The molecule has 1 aliphatic carbocycles. The van der Waals surface area contributed by atoms with Gasteiger partial charge in [0.15, 0.2) is 6.10 Å². The largest absolute Gasteiger partial charge is 0.449 e. The summed E-state index contributed by atoms with van der Waals surface area (Å²) in [5.74, 6) is -0.222. The summed E-state index contributed by atoms with van der Waals surface area (Å²) in [4.78, 5) is 23.8. The minimum Gasteiger partial charge on any atom is -0.449 e. The molecule has 4 nitrogen and oxygen atoms in total. The molecule has 2 rings (SSSR count). The van der Waals surface area contributed by atoms with Gasteiger partial charge >= 0.3 is 5.97 Å². The van der Waals surface area contributed by atoms with Crippen LogP contribution >= 0.6 is 11.3 Å². The van der Waals surface area contributed by atoms with Crippen molar-refractivity contribution in [2.75, 3.05) is 0 Å². The van der Waals surface area contributed by atoms with Crippen LogP contribution in [0.5, 0.6) is 0 Å². The van der Waals surface area contributed by atoms with Gasteiger partial charge in [0.05, 0.1) is 0 Å². The summed E-state index contributed by atoms with van der Waals surface area (Å²) in [5, 5.41) is 6.88. The first kappa shape index (κ1) is 16.7. The zero-order valence-electron chi connectivity index (χ0n) is 13.1. The summed E-state index contributed by atoms with van der Waals surface area (Å²) in [7, 11) is 0. The molecule has 120 valence electrons. The van der Waals surface area contributed by atoms with E-state index in [0.29, 0.717) is 5.92 Å². The molecule has 1 amide bonds. The summed E-state index contributed by atoms with van der Waals surface area (Å²) >= 11 is 1.56. The Morgan fingerprint density at radius 2 is 2.18 bits per heavy atom. The Labute approximate surface area is 135 Å². The molecule has 1 fully saturated rings. The van der Waals surface area contributed by atoms with Gasteiger partial charge in [-0.3, -0.25) is 4.79 Å². The van der Waals surface area contributed by atoms with Gasteiger partial charge in [0.25, 0.3) is 5.91 Å². The van der Waals surface area contributed by atoms with Crippen LogP contribution in [0.15, 0.2) is 22.9 Å². The Hall–Kier alpha value is -1.62. The van der Waals surface area contributed by atoms with Crippen molar-refractivity contribution in [2.45, 2.75) is 51.7 Å². The van der Waals surface area contributed by atoms with E-state index >= 15 is 0 Å². The first-order valence-corrected chi connectivity index (χ1v) is 8.72. The lowest BCUT2D eigenvalue weighted by molar-refractivity contribution is -0.150. The molecular weight excluding hydrogens is 298 g/mol. The Bertz CT molecular complexity index is 524. The number of hydrogen-bond donors (Lipinski definition) is 1. The van der Waals surface area contributed by atoms with E-state index in [1.165, 1.54) is 12.5 Å². The maximum absolute atomic E-state index is 12.1. The SMILES string of the molecule is C[C@@H]1CCCC[C@H]1NC(=O)[C@@H](C)OC(=O)/C=C/c1ccsc1. The number of carbonyl (C=O) groups excluding carboxylic acids is 2. The molecule has 0 bridgehead atoms. The zero-order valence-corrected chi connectivity index (χ0v) is 13.9. The summed E-state index contributed by atoms with van der Waals surface area (Å²) in [6, 6.07) is 2.11. The van der Waals surface area contributed by atoms with E-state index < -0.39 is 12.1 Å². The molecule has 5 heteroatoms. The third-order valence-electron chi connectivity index (χ3n) is 4.06. The van der Waals surface area contributed by atoms with E-state index in [9.17, 15) is 9.59 Å². The second-order valence-electron chi connectivity index (χ2n) is 5.85. The molecule has 22 heavy (non-hydrogen) atoms. The van der Waals surface area contributed by atoms with Crippen LogP contribution in [0, 0.1) is 5.92 Å². The molecule has 1 heterocycles. The summed E-state index contributed by atoms with van der Waals surface area (Å²) in [6.07, 6.45) is 6.79. The van der Waals surface area contributed by atoms with E-state index in [1.807, 2.05) is 16.8 Å². The van der Waals surface area contributed by atoms with Gasteiger partial charge in [-0.25, -0.2) is 4.79 Å². The van der Waals surface area contributed by atoms with Crippen molar-refractivity contribution in [3.63, 3.8) is 0 Å². The second kappa shape index (κ2) is 8.13. The molecule has 1 saturated carbocycles. The van der Waals surface area contributed by atoms with Crippen LogP contribution in [-0.2, 0) is 14.3 Å². The molecule has 1 aliphatic rings. The number of thiophene rings is 1. The van der Waals surface area contributed by atoms with Gasteiger partial charge in [-0.05, 0) is 54.1 Å². The van der Waals surface area contributed by atoms with Gasteiger partial charge in [0, 0.05) is 12.1 Å². The van der Waals surface area contributed by atoms with Crippen LogP contribution in [0.2, 0.25) is 0 Å². The molecule has 0 radical (unpaired) electrons. The van der Waals surface area contributed by atoms with E-state index in [2.05, 4.69) is 12.2 Å². The lowest BCUT2D eigenvalue weighted by Gasteiger charge is -2.30. The van der Waals surface area contributed by atoms with E-state index in [1.54, 1.807) is 24.3 Å². The van der Waals surface area contributed by atoms with Crippen LogP contribution in [0.1, 0.15) is 45.1 Å². The monoisotopic (exact) mass is 321 g/mol. The highest BCUT2D eigenvalue weighted by Gasteiger charge is 2.25. The molecule has 0 saturated heterocycles. The summed E-state index contributed by atoms with van der Waals surface area (Å²) in [5.41, 5.74) is 0.954. The van der Waals surface area contributed by atoms with E-state index in [0.717, 1.165) is 24.8 Å². The number of rotatable bonds is 5. The van der Waals surface area contributed by atoms with Crippen LogP contribution in [0.25, 0.3) is 6.08 Å². The maximum Gasteiger partial charge on any atom is 0.331 e. The molecular formula is C17H23NO3S. The zero-order chi connectivity index (χ0) is 15.9. The highest BCUT2D eigenvalue weighted by molar-refractivity contribution is 7.08. The first-order valence-electron chi connectivity index (χ1n) is 7.77. The normalized spacial score (nSPS) is 23.2. The van der Waals surface area contributed by atoms with Gasteiger partial charge in [-0.1, -0.05) is 19.8 Å². The first-order chi connectivity index (χ1) is 10.6. The third-order valence-corrected chi connectivity index (χ3v) is 4.76. The van der Waals surface area contributed by atoms with Gasteiger partial charge in [-0.2, -0.15) is 11.3 Å². The van der Waals surface area contributed by atoms with Crippen molar-refractivity contribution in [3.8, 4) is 0 Å². The minimum absolute atomic E-state index is 0.198. The molecule has 3 atom stereocenters. The lowest BCUT2D eigenvalue weighted by Crippen LogP contribution is -2.45. The fraction of sp³-hybridized carbons (Fsp3) is 0.529. The highest BCUT2D eigenvalue weighted by atomic mass is 32.1. The molecule has 0 unspecified atom stereocenters. The third kappa shape index (κ3) is 4.98.